The molecule has 1 amide bonds. The minimum Gasteiger partial charge on any atom is -0.379 e. The van der Waals surface area contributed by atoms with Gasteiger partial charge in [0, 0.05) is 5.56 Å². The molecule has 108 valence electrons. The maximum absolute atomic E-state index is 11.6. The quantitative estimate of drug-likeness (QED) is 0.482. The summed E-state index contributed by atoms with van der Waals surface area (Å²) in [5, 5.41) is 11.4. The number of carbonyl (C=O) groups is 1. The van der Waals surface area contributed by atoms with E-state index < -0.39 is 5.91 Å². The Morgan fingerprint density at radius 1 is 1.33 bits per heavy atom. The van der Waals surface area contributed by atoms with Crippen molar-refractivity contribution in [1.29, 1.82) is 0 Å². The molecule has 0 aliphatic heterocycles. The zero-order chi connectivity index (χ0) is 14.9. The van der Waals surface area contributed by atoms with Crippen LogP contribution in [0.15, 0.2) is 35.0 Å². The number of amides is 1. The van der Waals surface area contributed by atoms with Crippen molar-refractivity contribution in [3.8, 4) is 11.8 Å². The third-order valence-corrected chi connectivity index (χ3v) is 2.62. The number of rotatable bonds is 5. The molecule has 21 heavy (non-hydrogen) atoms. The van der Waals surface area contributed by atoms with Crippen LogP contribution in [-0.2, 0) is 0 Å². The van der Waals surface area contributed by atoms with Gasteiger partial charge in [-0.05, 0) is 28.4 Å². The lowest BCUT2D eigenvalue weighted by Gasteiger charge is -2.00. The number of aromatic nitrogens is 2. The first kappa shape index (κ1) is 14.6. The molecule has 0 radical (unpaired) electrons. The molecule has 1 aromatic heterocycles. The van der Waals surface area contributed by atoms with Crippen LogP contribution in [0.1, 0.15) is 16.1 Å². The molecule has 5 N–H and O–H groups in total. The van der Waals surface area contributed by atoms with Gasteiger partial charge < -0.3 is 16.4 Å². The maximum Gasteiger partial charge on any atom is 0.277 e. The molecule has 0 atom stereocenters. The van der Waals surface area contributed by atoms with Crippen LogP contribution < -0.4 is 16.4 Å². The topological polar surface area (TPSA) is 111 Å². The second kappa shape index (κ2) is 7.67. The van der Waals surface area contributed by atoms with Crippen LogP contribution in [-0.4, -0.2) is 35.9 Å². The number of hydrogen-bond donors (Lipinski definition) is 3. The van der Waals surface area contributed by atoms with Crippen molar-refractivity contribution in [2.24, 2.45) is 0 Å². The van der Waals surface area contributed by atoms with Gasteiger partial charge in [-0.15, -0.1) is 0 Å². The van der Waals surface area contributed by atoms with E-state index >= 15 is 0 Å². The molecule has 2 rings (SSSR count). The highest BCUT2D eigenvalue weighted by atomic mass is 16.6. The smallest absolute Gasteiger partial charge is 0.277 e. The summed E-state index contributed by atoms with van der Waals surface area (Å²) in [6.07, 6.45) is 0. The molecular weight excluding hydrogens is 270 g/mol. The summed E-state index contributed by atoms with van der Waals surface area (Å²) in [6, 6.07) is 9.78. The summed E-state index contributed by atoms with van der Waals surface area (Å²) >= 11 is 0. The number of nitrogens with one attached hydrogen (secondary N) is 1. The van der Waals surface area contributed by atoms with E-state index in [1.165, 1.54) is 0 Å². The molecule has 2 aromatic rings. The predicted molar refractivity (Wildman–Crippen MR) is 76.0 cm³/mol. The van der Waals surface area contributed by atoms with Gasteiger partial charge in [0.2, 0.25) is 11.5 Å². The highest BCUT2D eigenvalue weighted by Gasteiger charge is 2.14. The van der Waals surface area contributed by atoms with Gasteiger partial charge in [0.1, 0.15) is 6.54 Å². The minimum atomic E-state index is -0.391. The van der Waals surface area contributed by atoms with Gasteiger partial charge in [0.15, 0.2) is 0 Å². The first-order valence-electron chi connectivity index (χ1n) is 6.49. The fourth-order valence-corrected chi connectivity index (χ4v) is 1.57. The van der Waals surface area contributed by atoms with E-state index in [1.807, 2.05) is 35.6 Å². The summed E-state index contributed by atoms with van der Waals surface area (Å²) in [5.74, 6) is 5.71. The third-order valence-electron chi connectivity index (χ3n) is 2.62. The fraction of sp³-hybridized carbons (Fsp3) is 0.214. The first-order valence-corrected chi connectivity index (χ1v) is 6.49. The Morgan fingerprint density at radius 3 is 2.86 bits per heavy atom. The summed E-state index contributed by atoms with van der Waals surface area (Å²) in [4.78, 5) is 11.6. The number of anilines is 1. The lowest BCUT2D eigenvalue weighted by Crippen LogP contribution is -2.85. The molecule has 0 spiro atoms. The van der Waals surface area contributed by atoms with Crippen molar-refractivity contribution >= 4 is 11.7 Å². The Kier molecular flexibility index (Phi) is 5.32. The zero-order valence-corrected chi connectivity index (χ0v) is 11.4. The number of nitrogens with zero attached hydrogens (tertiary/aromatic N) is 2. The minimum absolute atomic E-state index is 0.00907. The highest BCUT2D eigenvalue weighted by Crippen LogP contribution is 2.02. The van der Waals surface area contributed by atoms with Crippen molar-refractivity contribution in [3.63, 3.8) is 0 Å². The van der Waals surface area contributed by atoms with Crippen LogP contribution in [0.5, 0.6) is 0 Å². The van der Waals surface area contributed by atoms with Gasteiger partial charge in [0.05, 0.1) is 13.1 Å². The Labute approximate surface area is 121 Å². The molecule has 0 aliphatic carbocycles. The average Bonchev–Trinajstić information content (AvgIpc) is 2.93. The molecule has 0 fully saturated rings. The molecule has 0 aliphatic rings. The third kappa shape index (κ3) is 4.63. The van der Waals surface area contributed by atoms with Crippen molar-refractivity contribution in [1.82, 2.24) is 15.6 Å². The van der Waals surface area contributed by atoms with Gasteiger partial charge in [-0.2, -0.15) is 0 Å². The Hall–Kier alpha value is -2.85. The lowest BCUT2D eigenvalue weighted by molar-refractivity contribution is -0.642. The number of quaternary nitrogens is 1. The molecule has 0 unspecified atom stereocenters. The second-order valence-electron chi connectivity index (χ2n) is 4.20. The molecule has 7 nitrogen and oxygen atoms in total. The Balaban J connectivity index is 1.62. The van der Waals surface area contributed by atoms with E-state index in [0.29, 0.717) is 19.6 Å². The number of nitrogen functional groups attached to an aromatic ring is 1. The van der Waals surface area contributed by atoms with Crippen molar-refractivity contribution in [3.05, 3.63) is 41.6 Å². The van der Waals surface area contributed by atoms with Crippen LogP contribution in [0.3, 0.4) is 0 Å². The zero-order valence-electron chi connectivity index (χ0n) is 11.4. The highest BCUT2D eigenvalue weighted by molar-refractivity contribution is 5.95. The normalized spacial score (nSPS) is 9.71. The van der Waals surface area contributed by atoms with E-state index in [4.69, 9.17) is 5.73 Å². The summed E-state index contributed by atoms with van der Waals surface area (Å²) < 4.78 is 4.36. The molecule has 0 saturated carbocycles. The van der Waals surface area contributed by atoms with Crippen molar-refractivity contribution < 1.29 is 14.7 Å². The molecule has 7 heteroatoms. The predicted octanol–water partition coefficient (Wildman–Crippen LogP) is -1.00. The maximum atomic E-state index is 11.6. The molecule has 1 aromatic carbocycles. The SMILES string of the molecule is Nc1nonc1C(=O)NCC[NH2+]CC#Cc1ccccc1. The lowest BCUT2D eigenvalue weighted by atomic mass is 10.2. The van der Waals surface area contributed by atoms with Gasteiger partial charge in [0.25, 0.3) is 5.91 Å². The average molecular weight is 286 g/mol. The summed E-state index contributed by atoms with van der Waals surface area (Å²) in [6.45, 7) is 1.86. The van der Waals surface area contributed by atoms with E-state index in [0.717, 1.165) is 5.56 Å². The van der Waals surface area contributed by atoms with E-state index in [2.05, 4.69) is 32.1 Å². The van der Waals surface area contributed by atoms with E-state index in [1.54, 1.807) is 0 Å². The second-order valence-corrected chi connectivity index (χ2v) is 4.20. The molecule has 1 heterocycles. The van der Waals surface area contributed by atoms with Crippen LogP contribution >= 0.6 is 0 Å². The van der Waals surface area contributed by atoms with Gasteiger partial charge in [-0.25, -0.2) is 4.63 Å². The van der Waals surface area contributed by atoms with Crippen LogP contribution in [0.25, 0.3) is 0 Å². The van der Waals surface area contributed by atoms with Crippen molar-refractivity contribution in [2.45, 2.75) is 0 Å². The van der Waals surface area contributed by atoms with E-state index in [9.17, 15) is 4.79 Å². The number of nitrogens with two attached hydrogens (primary N) is 2. The first-order chi connectivity index (χ1) is 10.3. The largest absolute Gasteiger partial charge is 0.379 e. The van der Waals surface area contributed by atoms with Crippen LogP contribution in [0.2, 0.25) is 0 Å². The van der Waals surface area contributed by atoms with Crippen LogP contribution in [0.4, 0.5) is 5.82 Å². The van der Waals surface area contributed by atoms with Gasteiger partial charge in [-0.1, -0.05) is 24.1 Å². The van der Waals surface area contributed by atoms with Gasteiger partial charge in [-0.3, -0.25) is 4.79 Å². The number of benzene rings is 1. The fourth-order valence-electron chi connectivity index (χ4n) is 1.57. The Morgan fingerprint density at radius 2 is 2.14 bits per heavy atom. The van der Waals surface area contributed by atoms with Crippen LogP contribution in [0, 0.1) is 11.8 Å². The standard InChI is InChI=1S/C14H15N5O2/c15-13-12(18-21-19-13)14(20)17-10-9-16-8-4-7-11-5-2-1-3-6-11/h1-3,5-6,16H,8-10H2,(H2,15,19)(H,17,20)/p+1. The van der Waals surface area contributed by atoms with Gasteiger partial charge >= 0.3 is 0 Å². The monoisotopic (exact) mass is 286 g/mol. The number of hydrogen-bond acceptors (Lipinski definition) is 5. The summed E-state index contributed by atoms with van der Waals surface area (Å²) in [7, 11) is 0. The van der Waals surface area contributed by atoms with Crippen molar-refractivity contribution in [2.75, 3.05) is 25.4 Å². The van der Waals surface area contributed by atoms with E-state index in [-0.39, 0.29) is 11.5 Å². The molecule has 0 bridgehead atoms. The Bertz CT molecular complexity index is 642. The molecular formula is C14H16N5O2+. The molecule has 0 saturated heterocycles. The summed E-state index contributed by atoms with van der Waals surface area (Å²) in [5.41, 5.74) is 6.42. The number of carbonyl (C=O) groups excluding carboxylic acids is 1.